The van der Waals surface area contributed by atoms with Crippen LogP contribution in [-0.4, -0.2) is 62.1 Å². The molecule has 0 radical (unpaired) electrons. The number of ether oxygens (including phenoxy) is 2. The lowest BCUT2D eigenvalue weighted by molar-refractivity contribution is 0.171. The van der Waals surface area contributed by atoms with Crippen molar-refractivity contribution >= 4 is 15.8 Å². The molecular weight excluding hydrogens is 380 g/mol. The zero-order chi connectivity index (χ0) is 19.7. The maximum Gasteiger partial charge on any atom is 0.243 e. The molecule has 1 fully saturated rings. The third kappa shape index (κ3) is 3.64. The molecule has 0 bridgehead atoms. The minimum absolute atomic E-state index is 0.237. The van der Waals surface area contributed by atoms with Crippen LogP contribution in [0.4, 0.5) is 5.82 Å². The van der Waals surface area contributed by atoms with E-state index in [2.05, 4.69) is 14.9 Å². The Morgan fingerprint density at radius 1 is 1.07 bits per heavy atom. The molecule has 0 aliphatic carbocycles. The number of nitrogens with zero attached hydrogens (tertiary/aromatic N) is 4. The van der Waals surface area contributed by atoms with Crippen molar-refractivity contribution in [2.45, 2.75) is 30.7 Å². The molecule has 1 aromatic heterocycles. The van der Waals surface area contributed by atoms with E-state index in [9.17, 15) is 8.42 Å². The summed E-state index contributed by atoms with van der Waals surface area (Å²) in [6, 6.07) is 7.00. The van der Waals surface area contributed by atoms with Gasteiger partial charge in [-0.1, -0.05) is 0 Å². The van der Waals surface area contributed by atoms with Crippen LogP contribution in [0.5, 0.6) is 11.5 Å². The Hall–Kier alpha value is -2.39. The van der Waals surface area contributed by atoms with Crippen molar-refractivity contribution in [1.29, 1.82) is 0 Å². The molecule has 3 heterocycles. The summed E-state index contributed by atoms with van der Waals surface area (Å²) in [5, 5.41) is 0. The Kier molecular flexibility index (Phi) is 5.11. The molecule has 28 heavy (non-hydrogen) atoms. The minimum Gasteiger partial charge on any atom is -0.486 e. The van der Waals surface area contributed by atoms with Crippen LogP contribution in [0.1, 0.15) is 18.5 Å². The van der Waals surface area contributed by atoms with Crippen molar-refractivity contribution in [3.05, 3.63) is 36.3 Å². The molecule has 0 spiro atoms. The van der Waals surface area contributed by atoms with Gasteiger partial charge in [0.15, 0.2) is 11.5 Å². The predicted octanol–water partition coefficient (Wildman–Crippen LogP) is 1.85. The Morgan fingerprint density at radius 2 is 1.79 bits per heavy atom. The number of rotatable bonds is 4. The lowest BCUT2D eigenvalue weighted by Crippen LogP contribution is -2.45. The first-order valence-electron chi connectivity index (χ1n) is 9.36. The fourth-order valence-corrected chi connectivity index (χ4v) is 5.11. The summed E-state index contributed by atoms with van der Waals surface area (Å²) in [7, 11) is -1.56. The highest BCUT2D eigenvalue weighted by atomic mass is 32.2. The number of sulfonamides is 1. The molecule has 1 aromatic carbocycles. The molecule has 2 aromatic rings. The van der Waals surface area contributed by atoms with Crippen molar-refractivity contribution < 1.29 is 17.9 Å². The molecule has 4 rings (SSSR count). The van der Waals surface area contributed by atoms with Gasteiger partial charge in [-0.05, 0) is 31.9 Å². The summed E-state index contributed by atoms with van der Waals surface area (Å²) in [6.07, 6.45) is 3.04. The van der Waals surface area contributed by atoms with Crippen LogP contribution in [-0.2, 0) is 10.0 Å². The Balaban J connectivity index is 1.45. The van der Waals surface area contributed by atoms with Gasteiger partial charge in [0, 0.05) is 44.0 Å². The lowest BCUT2D eigenvalue weighted by atomic mass is 10.1. The minimum atomic E-state index is -3.56. The summed E-state index contributed by atoms with van der Waals surface area (Å²) in [5.41, 5.74) is 0.912. The smallest absolute Gasteiger partial charge is 0.243 e. The van der Waals surface area contributed by atoms with Gasteiger partial charge in [-0.3, -0.25) is 0 Å². The van der Waals surface area contributed by atoms with Crippen molar-refractivity contribution in [3.8, 4) is 11.5 Å². The van der Waals surface area contributed by atoms with Crippen LogP contribution in [0.15, 0.2) is 35.5 Å². The molecule has 1 saturated heterocycles. The second kappa shape index (κ2) is 7.56. The van der Waals surface area contributed by atoms with E-state index in [1.807, 2.05) is 20.0 Å². The van der Waals surface area contributed by atoms with Gasteiger partial charge in [0.2, 0.25) is 10.0 Å². The molecule has 0 atom stereocenters. The van der Waals surface area contributed by atoms with Crippen LogP contribution in [0.3, 0.4) is 0 Å². The van der Waals surface area contributed by atoms with E-state index in [0.717, 1.165) is 24.4 Å². The van der Waals surface area contributed by atoms with Crippen LogP contribution < -0.4 is 14.4 Å². The maximum absolute atomic E-state index is 13.1. The lowest BCUT2D eigenvalue weighted by Gasteiger charge is -2.36. The maximum atomic E-state index is 13.1. The van der Waals surface area contributed by atoms with Gasteiger partial charge in [-0.15, -0.1) is 0 Å². The van der Waals surface area contributed by atoms with Crippen molar-refractivity contribution in [2.24, 2.45) is 0 Å². The summed E-state index contributed by atoms with van der Waals surface area (Å²) < 4.78 is 38.7. The highest BCUT2D eigenvalue weighted by Crippen LogP contribution is 2.34. The van der Waals surface area contributed by atoms with Crippen LogP contribution in [0, 0.1) is 6.92 Å². The fraction of sp³-hybridized carbons (Fsp3) is 0.474. The largest absolute Gasteiger partial charge is 0.486 e. The van der Waals surface area contributed by atoms with Gasteiger partial charge in [0.05, 0.1) is 4.90 Å². The number of piperidine rings is 1. The van der Waals surface area contributed by atoms with Crippen LogP contribution in [0.2, 0.25) is 0 Å². The Bertz CT molecular complexity index is 958. The highest BCUT2D eigenvalue weighted by molar-refractivity contribution is 7.89. The molecule has 9 heteroatoms. The molecule has 150 valence electrons. The molecule has 8 nitrogen and oxygen atoms in total. The van der Waals surface area contributed by atoms with Gasteiger partial charge in [0.25, 0.3) is 0 Å². The average Bonchev–Trinajstić information content (AvgIpc) is 2.73. The second-order valence-corrected chi connectivity index (χ2v) is 9.01. The average molecular weight is 404 g/mol. The summed E-state index contributed by atoms with van der Waals surface area (Å²) in [4.78, 5) is 10.8. The first kappa shape index (κ1) is 18.9. The molecule has 0 N–H and O–H groups in total. The van der Waals surface area contributed by atoms with Gasteiger partial charge in [-0.2, -0.15) is 4.31 Å². The number of anilines is 1. The zero-order valence-electron chi connectivity index (χ0n) is 16.0. The van der Waals surface area contributed by atoms with Gasteiger partial charge in [0.1, 0.15) is 25.4 Å². The van der Waals surface area contributed by atoms with E-state index in [4.69, 9.17) is 9.47 Å². The number of aryl methyl sites for hydroxylation is 1. The molecule has 2 aliphatic rings. The fourth-order valence-electron chi connectivity index (χ4n) is 3.62. The quantitative estimate of drug-likeness (QED) is 0.769. The molecule has 0 amide bonds. The number of benzene rings is 1. The SMILES string of the molecule is Cc1cc(N(C)C2CCN(S(=O)(=O)c3ccc4c(c3)OCCO4)CC2)ncn1. The van der Waals surface area contributed by atoms with E-state index < -0.39 is 10.0 Å². The van der Waals surface area contributed by atoms with Gasteiger partial charge >= 0.3 is 0 Å². The molecule has 0 unspecified atom stereocenters. The van der Waals surface area contributed by atoms with E-state index in [1.165, 1.54) is 0 Å². The summed E-state index contributed by atoms with van der Waals surface area (Å²) in [5.74, 6) is 1.94. The number of hydrogen-bond acceptors (Lipinski definition) is 7. The second-order valence-electron chi connectivity index (χ2n) is 7.07. The van der Waals surface area contributed by atoms with E-state index in [0.29, 0.717) is 37.8 Å². The van der Waals surface area contributed by atoms with Crippen LogP contribution >= 0.6 is 0 Å². The Labute approximate surface area is 165 Å². The van der Waals surface area contributed by atoms with Gasteiger partial charge in [-0.25, -0.2) is 18.4 Å². The third-order valence-electron chi connectivity index (χ3n) is 5.27. The number of fused-ring (bicyclic) bond motifs is 1. The highest BCUT2D eigenvalue weighted by Gasteiger charge is 2.32. The third-order valence-corrected chi connectivity index (χ3v) is 7.17. The van der Waals surface area contributed by atoms with E-state index >= 15 is 0 Å². The molecule has 0 saturated carbocycles. The monoisotopic (exact) mass is 404 g/mol. The standard InChI is InChI=1S/C19H24N4O4S/c1-14-11-19(21-13-20-14)22(2)15-5-7-23(8-6-15)28(24,25)16-3-4-17-18(12-16)27-10-9-26-17/h3-4,11-13,15H,5-10H2,1-2H3. The first-order chi connectivity index (χ1) is 13.4. The molecule has 2 aliphatic heterocycles. The first-order valence-corrected chi connectivity index (χ1v) is 10.8. The van der Waals surface area contributed by atoms with E-state index in [-0.39, 0.29) is 10.9 Å². The van der Waals surface area contributed by atoms with E-state index in [1.54, 1.807) is 28.8 Å². The topological polar surface area (TPSA) is 84.9 Å². The van der Waals surface area contributed by atoms with Crippen molar-refractivity contribution in [2.75, 3.05) is 38.3 Å². The normalized spacial score (nSPS) is 18.1. The Morgan fingerprint density at radius 3 is 2.50 bits per heavy atom. The van der Waals surface area contributed by atoms with Crippen LogP contribution in [0.25, 0.3) is 0 Å². The molecular formula is C19H24N4O4S. The van der Waals surface area contributed by atoms with Gasteiger partial charge < -0.3 is 14.4 Å². The van der Waals surface area contributed by atoms with Crippen molar-refractivity contribution in [3.63, 3.8) is 0 Å². The zero-order valence-corrected chi connectivity index (χ0v) is 16.9. The number of hydrogen-bond donors (Lipinski definition) is 0. The summed E-state index contributed by atoms with van der Waals surface area (Å²) >= 11 is 0. The summed E-state index contributed by atoms with van der Waals surface area (Å²) in [6.45, 7) is 3.77. The van der Waals surface area contributed by atoms with Crippen molar-refractivity contribution in [1.82, 2.24) is 14.3 Å². The number of aromatic nitrogens is 2. The predicted molar refractivity (Wildman–Crippen MR) is 104 cm³/mol.